The second-order valence-electron chi connectivity index (χ2n) is 5.27. The summed E-state index contributed by atoms with van der Waals surface area (Å²) >= 11 is 1.49. The summed E-state index contributed by atoms with van der Waals surface area (Å²) in [7, 11) is 1.42. The van der Waals surface area contributed by atoms with Crippen LogP contribution in [0.3, 0.4) is 0 Å². The fourth-order valence-corrected chi connectivity index (χ4v) is 3.71. The van der Waals surface area contributed by atoms with Crippen LogP contribution in [-0.4, -0.2) is 42.2 Å². The Morgan fingerprint density at radius 1 is 1.36 bits per heavy atom. The van der Waals surface area contributed by atoms with Gasteiger partial charge in [-0.2, -0.15) is 0 Å². The molecule has 0 unspecified atom stereocenters. The van der Waals surface area contributed by atoms with Crippen LogP contribution in [0, 0.1) is 5.92 Å². The quantitative estimate of drug-likeness (QED) is 0.875. The number of carbonyl (C=O) groups excluding carboxylic acids is 1. The van der Waals surface area contributed by atoms with Crippen LogP contribution in [0.5, 0.6) is 0 Å². The molecular formula is C15H16N2O4S. The zero-order valence-electron chi connectivity index (χ0n) is 12.1. The third-order valence-electron chi connectivity index (χ3n) is 3.92. The zero-order valence-corrected chi connectivity index (χ0v) is 12.9. The Balaban J connectivity index is 1.77. The lowest BCUT2D eigenvalue weighted by molar-refractivity contribution is -0.146. The van der Waals surface area contributed by atoms with Crippen molar-refractivity contribution in [2.75, 3.05) is 25.1 Å². The highest BCUT2D eigenvalue weighted by molar-refractivity contribution is 7.22. The molecule has 116 valence electrons. The lowest BCUT2D eigenvalue weighted by Gasteiger charge is -2.30. The highest BCUT2D eigenvalue weighted by Gasteiger charge is 2.27. The first-order valence-corrected chi connectivity index (χ1v) is 7.87. The number of nitrogens with zero attached hydrogens (tertiary/aromatic N) is 2. The molecule has 1 aromatic carbocycles. The van der Waals surface area contributed by atoms with Crippen molar-refractivity contribution in [3.63, 3.8) is 0 Å². The Hall–Kier alpha value is -2.15. The van der Waals surface area contributed by atoms with E-state index in [1.54, 1.807) is 18.2 Å². The molecule has 0 atom stereocenters. The summed E-state index contributed by atoms with van der Waals surface area (Å²) in [6.07, 6.45) is 1.51. The van der Waals surface area contributed by atoms with Gasteiger partial charge in [0, 0.05) is 13.1 Å². The van der Waals surface area contributed by atoms with Gasteiger partial charge in [-0.15, -0.1) is 0 Å². The summed E-state index contributed by atoms with van der Waals surface area (Å²) in [6, 6.07) is 4.96. The molecule has 1 aliphatic rings. The molecule has 1 fully saturated rings. The summed E-state index contributed by atoms with van der Waals surface area (Å²) < 4.78 is 5.65. The minimum Gasteiger partial charge on any atom is -0.478 e. The van der Waals surface area contributed by atoms with Gasteiger partial charge in [0.25, 0.3) is 0 Å². The minimum absolute atomic E-state index is 0.0331. The fourth-order valence-electron chi connectivity index (χ4n) is 2.65. The Labute approximate surface area is 131 Å². The molecule has 0 bridgehead atoms. The number of ether oxygens (including phenoxy) is 1. The number of hydrogen-bond donors (Lipinski definition) is 1. The van der Waals surface area contributed by atoms with Crippen LogP contribution in [0.4, 0.5) is 5.13 Å². The van der Waals surface area contributed by atoms with Gasteiger partial charge in [-0.1, -0.05) is 11.3 Å². The van der Waals surface area contributed by atoms with E-state index in [9.17, 15) is 9.59 Å². The Kier molecular flexibility index (Phi) is 3.98. The van der Waals surface area contributed by atoms with Gasteiger partial charge in [-0.05, 0) is 31.0 Å². The van der Waals surface area contributed by atoms with Crippen molar-refractivity contribution in [2.24, 2.45) is 5.92 Å². The van der Waals surface area contributed by atoms with E-state index >= 15 is 0 Å². The number of carboxylic acids is 1. The number of hydrogen-bond acceptors (Lipinski definition) is 6. The number of rotatable bonds is 3. The Morgan fingerprint density at radius 2 is 2.09 bits per heavy atom. The minimum atomic E-state index is -0.934. The molecule has 1 N–H and O–H groups in total. The van der Waals surface area contributed by atoms with Crippen LogP contribution in [0.2, 0.25) is 0 Å². The number of methoxy groups -OCH3 is 1. The van der Waals surface area contributed by atoms with Crippen molar-refractivity contribution < 1.29 is 19.4 Å². The molecule has 2 aromatic rings. The third-order valence-corrected chi connectivity index (χ3v) is 5.00. The molecule has 7 heteroatoms. The smallest absolute Gasteiger partial charge is 0.335 e. The van der Waals surface area contributed by atoms with E-state index in [0.29, 0.717) is 0 Å². The number of aromatic nitrogens is 1. The first kappa shape index (κ1) is 14.8. The summed E-state index contributed by atoms with van der Waals surface area (Å²) in [5, 5.41) is 9.91. The number of carboxylic acid groups (broad SMARTS) is 1. The normalized spacial score (nSPS) is 16.0. The number of carbonyl (C=O) groups is 2. The highest BCUT2D eigenvalue weighted by atomic mass is 32.1. The van der Waals surface area contributed by atoms with Crippen molar-refractivity contribution in [3.05, 3.63) is 23.8 Å². The number of fused-ring (bicyclic) bond motifs is 1. The largest absolute Gasteiger partial charge is 0.478 e. The van der Waals surface area contributed by atoms with E-state index in [4.69, 9.17) is 9.84 Å². The van der Waals surface area contributed by atoms with Gasteiger partial charge in [0.05, 0.1) is 28.8 Å². The topological polar surface area (TPSA) is 79.7 Å². The van der Waals surface area contributed by atoms with Gasteiger partial charge in [0.1, 0.15) is 0 Å². The average Bonchev–Trinajstić information content (AvgIpc) is 2.97. The second-order valence-corrected chi connectivity index (χ2v) is 6.28. The van der Waals surface area contributed by atoms with Gasteiger partial charge in [0.2, 0.25) is 0 Å². The molecule has 1 aliphatic heterocycles. The number of esters is 1. The number of piperidine rings is 1. The monoisotopic (exact) mass is 320 g/mol. The van der Waals surface area contributed by atoms with E-state index < -0.39 is 5.97 Å². The van der Waals surface area contributed by atoms with Crippen LogP contribution < -0.4 is 4.90 Å². The van der Waals surface area contributed by atoms with Crippen LogP contribution in [0.25, 0.3) is 10.2 Å². The van der Waals surface area contributed by atoms with E-state index in [1.807, 2.05) is 0 Å². The molecule has 0 radical (unpaired) electrons. The first-order chi connectivity index (χ1) is 10.6. The molecule has 0 amide bonds. The van der Waals surface area contributed by atoms with E-state index in [1.165, 1.54) is 18.4 Å². The van der Waals surface area contributed by atoms with Crippen molar-refractivity contribution in [1.82, 2.24) is 4.98 Å². The maximum atomic E-state index is 11.5. The van der Waals surface area contributed by atoms with Crippen LogP contribution in [0.1, 0.15) is 23.2 Å². The molecule has 22 heavy (non-hydrogen) atoms. The standard InChI is InChI=1S/C15H16N2O4S/c1-21-14(20)9-4-6-17(7-5-9)15-16-11-3-2-10(13(18)19)8-12(11)22-15/h2-3,8-9H,4-7H2,1H3,(H,18,19). The average molecular weight is 320 g/mol. The van der Waals surface area contributed by atoms with Crippen molar-refractivity contribution >= 4 is 38.6 Å². The first-order valence-electron chi connectivity index (χ1n) is 7.05. The molecule has 1 aromatic heterocycles. The number of thiazole rings is 1. The number of anilines is 1. The molecule has 6 nitrogen and oxygen atoms in total. The second kappa shape index (κ2) is 5.92. The van der Waals surface area contributed by atoms with Crippen LogP contribution >= 0.6 is 11.3 Å². The highest BCUT2D eigenvalue weighted by Crippen LogP contribution is 2.32. The van der Waals surface area contributed by atoms with E-state index in [-0.39, 0.29) is 17.5 Å². The van der Waals surface area contributed by atoms with E-state index in [2.05, 4.69) is 9.88 Å². The number of aromatic carboxylic acids is 1. The zero-order chi connectivity index (χ0) is 15.7. The van der Waals surface area contributed by atoms with Crippen molar-refractivity contribution in [2.45, 2.75) is 12.8 Å². The lowest BCUT2D eigenvalue weighted by Crippen LogP contribution is -2.36. The summed E-state index contributed by atoms with van der Waals surface area (Å²) in [5.74, 6) is -1.11. The molecule has 2 heterocycles. The fraction of sp³-hybridized carbons (Fsp3) is 0.400. The van der Waals surface area contributed by atoms with Crippen molar-refractivity contribution in [3.8, 4) is 0 Å². The van der Waals surface area contributed by atoms with Gasteiger partial charge in [-0.25, -0.2) is 9.78 Å². The molecule has 1 saturated heterocycles. The van der Waals surface area contributed by atoms with Crippen molar-refractivity contribution in [1.29, 1.82) is 0 Å². The molecule has 0 saturated carbocycles. The number of benzene rings is 1. The van der Waals surface area contributed by atoms with Gasteiger partial charge in [-0.3, -0.25) is 4.79 Å². The van der Waals surface area contributed by atoms with E-state index in [0.717, 1.165) is 41.3 Å². The maximum absolute atomic E-state index is 11.5. The predicted molar refractivity (Wildman–Crippen MR) is 83.5 cm³/mol. The van der Waals surface area contributed by atoms with Gasteiger partial charge in [0.15, 0.2) is 5.13 Å². The SMILES string of the molecule is COC(=O)C1CCN(c2nc3ccc(C(=O)O)cc3s2)CC1. The van der Waals surface area contributed by atoms with Crippen LogP contribution in [0.15, 0.2) is 18.2 Å². The summed E-state index contributed by atoms with van der Waals surface area (Å²) in [6.45, 7) is 1.51. The maximum Gasteiger partial charge on any atom is 0.335 e. The predicted octanol–water partition coefficient (Wildman–Crippen LogP) is 2.38. The Morgan fingerprint density at radius 3 is 2.73 bits per heavy atom. The Bertz CT molecular complexity index is 719. The lowest BCUT2D eigenvalue weighted by atomic mass is 9.97. The molecule has 3 rings (SSSR count). The van der Waals surface area contributed by atoms with Gasteiger partial charge < -0.3 is 14.7 Å². The summed E-state index contributed by atoms with van der Waals surface area (Å²) in [5.41, 5.74) is 1.08. The van der Waals surface area contributed by atoms with Crippen LogP contribution in [-0.2, 0) is 9.53 Å². The van der Waals surface area contributed by atoms with Gasteiger partial charge >= 0.3 is 11.9 Å². The molecular weight excluding hydrogens is 304 g/mol. The molecule has 0 spiro atoms. The molecule has 0 aliphatic carbocycles. The third kappa shape index (κ3) is 2.76. The summed E-state index contributed by atoms with van der Waals surface area (Å²) in [4.78, 5) is 29.3.